The van der Waals surface area contributed by atoms with E-state index in [-0.39, 0.29) is 17.7 Å². The second kappa shape index (κ2) is 10.4. The van der Waals surface area contributed by atoms with Gasteiger partial charge in [-0.2, -0.15) is 4.73 Å². The van der Waals surface area contributed by atoms with Crippen LogP contribution in [0.5, 0.6) is 0 Å². The van der Waals surface area contributed by atoms with E-state index in [1.165, 1.54) is 15.5 Å². The molecular weight excluding hydrogens is 408 g/mol. The molecule has 0 spiro atoms. The van der Waals surface area contributed by atoms with Crippen molar-refractivity contribution >= 4 is 11.2 Å². The Morgan fingerprint density at radius 3 is 2.26 bits per heavy atom. The van der Waals surface area contributed by atoms with Crippen LogP contribution in [0.15, 0.2) is 15.9 Å². The highest BCUT2D eigenvalue weighted by Gasteiger charge is 2.44. The zero-order valence-corrected chi connectivity index (χ0v) is 18.0. The van der Waals surface area contributed by atoms with Crippen molar-refractivity contribution in [2.24, 2.45) is 0 Å². The molecule has 0 amide bonds. The average Bonchev–Trinajstić information content (AvgIpc) is 3.29. The molecule has 0 aromatic carbocycles. The predicted molar refractivity (Wildman–Crippen MR) is 112 cm³/mol. The smallest absolute Gasteiger partial charge is 0.332 e. The number of rotatable bonds is 11. The number of aromatic nitrogens is 4. The summed E-state index contributed by atoms with van der Waals surface area (Å²) in [5.74, 6) is 0. The summed E-state index contributed by atoms with van der Waals surface area (Å²) in [7, 11) is 0. The largest absolute Gasteiger partial charge is 0.394 e. The monoisotopic (exact) mass is 440 g/mol. The fourth-order valence-electron chi connectivity index (χ4n) is 3.75. The SMILES string of the molecule is CCCCCn1c(=O)c2c(ncn2O[C@@H]2O[C@H](CO)[C@@H](O)[C@H]2O)n(CCCCC)c1=O. The topological polar surface area (TPSA) is 141 Å². The Balaban J connectivity index is 2.01. The lowest BCUT2D eigenvalue weighted by molar-refractivity contribution is -0.168. The van der Waals surface area contributed by atoms with Crippen molar-refractivity contribution in [3.8, 4) is 0 Å². The summed E-state index contributed by atoms with van der Waals surface area (Å²) < 4.78 is 9.09. The van der Waals surface area contributed by atoms with Gasteiger partial charge in [0.05, 0.1) is 6.61 Å². The van der Waals surface area contributed by atoms with E-state index in [1.54, 1.807) is 0 Å². The van der Waals surface area contributed by atoms with Crippen LogP contribution in [0.1, 0.15) is 52.4 Å². The quantitative estimate of drug-likeness (QED) is 0.401. The van der Waals surface area contributed by atoms with Crippen molar-refractivity contribution in [3.05, 3.63) is 27.2 Å². The van der Waals surface area contributed by atoms with Gasteiger partial charge in [0, 0.05) is 13.1 Å². The maximum atomic E-state index is 13.2. The Labute approximate surface area is 179 Å². The number of hydrogen-bond acceptors (Lipinski definition) is 8. The van der Waals surface area contributed by atoms with Gasteiger partial charge >= 0.3 is 5.69 Å². The Bertz CT molecular complexity index is 982. The summed E-state index contributed by atoms with van der Waals surface area (Å²) in [4.78, 5) is 36.0. The van der Waals surface area contributed by atoms with Gasteiger partial charge in [0.1, 0.15) is 24.6 Å². The fourth-order valence-corrected chi connectivity index (χ4v) is 3.75. The molecule has 0 aliphatic carbocycles. The highest BCUT2D eigenvalue weighted by atomic mass is 16.8. The van der Waals surface area contributed by atoms with Gasteiger partial charge in [-0.1, -0.05) is 39.5 Å². The lowest BCUT2D eigenvalue weighted by atomic mass is 10.1. The van der Waals surface area contributed by atoms with E-state index in [2.05, 4.69) is 11.9 Å². The molecule has 11 heteroatoms. The van der Waals surface area contributed by atoms with E-state index in [0.717, 1.165) is 36.8 Å². The third kappa shape index (κ3) is 4.69. The van der Waals surface area contributed by atoms with Crippen molar-refractivity contribution in [1.82, 2.24) is 18.8 Å². The lowest BCUT2D eigenvalue weighted by Crippen LogP contribution is -2.42. The van der Waals surface area contributed by atoms with Gasteiger partial charge in [0.25, 0.3) is 11.8 Å². The highest BCUT2D eigenvalue weighted by Crippen LogP contribution is 2.21. The van der Waals surface area contributed by atoms with E-state index in [4.69, 9.17) is 9.57 Å². The number of aliphatic hydroxyl groups is 3. The molecule has 174 valence electrons. The van der Waals surface area contributed by atoms with Gasteiger partial charge in [0.15, 0.2) is 11.2 Å². The maximum Gasteiger partial charge on any atom is 0.332 e. The van der Waals surface area contributed by atoms with Crippen LogP contribution in [-0.2, 0) is 17.8 Å². The van der Waals surface area contributed by atoms with Crippen LogP contribution in [0.4, 0.5) is 0 Å². The first-order valence-electron chi connectivity index (χ1n) is 10.9. The van der Waals surface area contributed by atoms with Gasteiger partial charge in [-0.15, -0.1) is 0 Å². The molecular formula is C20H32N4O7. The molecule has 0 unspecified atom stereocenters. The van der Waals surface area contributed by atoms with Crippen LogP contribution in [0.3, 0.4) is 0 Å². The molecule has 0 bridgehead atoms. The number of unbranched alkanes of at least 4 members (excludes halogenated alkanes) is 4. The molecule has 1 aliphatic heterocycles. The molecule has 4 atom stereocenters. The minimum absolute atomic E-state index is 0.0605. The van der Waals surface area contributed by atoms with Crippen LogP contribution in [0, 0.1) is 0 Å². The van der Waals surface area contributed by atoms with Crippen LogP contribution in [0.25, 0.3) is 11.2 Å². The molecule has 11 nitrogen and oxygen atoms in total. The summed E-state index contributed by atoms with van der Waals surface area (Å²) in [6, 6.07) is 0. The van der Waals surface area contributed by atoms with Gasteiger partial charge in [-0.3, -0.25) is 13.9 Å². The molecule has 1 saturated heterocycles. The summed E-state index contributed by atoms with van der Waals surface area (Å²) in [5, 5.41) is 29.4. The predicted octanol–water partition coefficient (Wildman–Crippen LogP) is -0.392. The number of imidazole rings is 1. The Morgan fingerprint density at radius 1 is 1.03 bits per heavy atom. The number of hydrogen-bond donors (Lipinski definition) is 3. The Kier molecular flexibility index (Phi) is 7.87. The summed E-state index contributed by atoms with van der Waals surface area (Å²) in [6.07, 6.45) is 1.39. The first-order valence-corrected chi connectivity index (χ1v) is 10.9. The molecule has 31 heavy (non-hydrogen) atoms. The first kappa shape index (κ1) is 23.5. The summed E-state index contributed by atoms with van der Waals surface area (Å²) in [6.45, 7) is 4.31. The van der Waals surface area contributed by atoms with Crippen molar-refractivity contribution in [2.45, 2.75) is 90.1 Å². The molecule has 0 saturated carbocycles. The zero-order chi connectivity index (χ0) is 22.5. The van der Waals surface area contributed by atoms with Gasteiger partial charge < -0.3 is 24.9 Å². The minimum Gasteiger partial charge on any atom is -0.394 e. The third-order valence-electron chi connectivity index (χ3n) is 5.57. The average molecular weight is 440 g/mol. The van der Waals surface area contributed by atoms with E-state index < -0.39 is 42.5 Å². The van der Waals surface area contributed by atoms with Gasteiger partial charge in [0.2, 0.25) is 0 Å². The van der Waals surface area contributed by atoms with Crippen molar-refractivity contribution in [3.63, 3.8) is 0 Å². The molecule has 3 heterocycles. The number of ether oxygens (including phenoxy) is 1. The second-order valence-corrected chi connectivity index (χ2v) is 7.86. The first-order chi connectivity index (χ1) is 14.9. The third-order valence-corrected chi connectivity index (χ3v) is 5.57. The lowest BCUT2D eigenvalue weighted by Gasteiger charge is -2.17. The van der Waals surface area contributed by atoms with E-state index in [0.29, 0.717) is 13.0 Å². The van der Waals surface area contributed by atoms with E-state index in [1.807, 2.05) is 6.92 Å². The Hall–Kier alpha value is -2.21. The standard InChI is InChI=1S/C20H32N4O7/c1-3-5-7-9-22-17-14(18(28)23(20(22)29)10-8-6-4-2)24(12-21-17)31-19-16(27)15(26)13(11-25)30-19/h12-13,15-16,19,25-27H,3-11H2,1-2H3/t13-,15-,16-,19+/m1/s1. The summed E-state index contributed by atoms with van der Waals surface area (Å²) in [5.41, 5.74) is -0.676. The molecule has 3 rings (SSSR count). The second-order valence-electron chi connectivity index (χ2n) is 7.86. The molecule has 3 N–H and O–H groups in total. The number of aliphatic hydroxyl groups excluding tert-OH is 3. The van der Waals surface area contributed by atoms with E-state index >= 15 is 0 Å². The zero-order valence-electron chi connectivity index (χ0n) is 18.0. The van der Waals surface area contributed by atoms with Gasteiger partial charge in [-0.25, -0.2) is 9.78 Å². The van der Waals surface area contributed by atoms with Crippen LogP contribution >= 0.6 is 0 Å². The van der Waals surface area contributed by atoms with E-state index in [9.17, 15) is 24.9 Å². The van der Waals surface area contributed by atoms with Gasteiger partial charge in [-0.05, 0) is 12.8 Å². The number of nitrogens with zero attached hydrogens (tertiary/aromatic N) is 4. The van der Waals surface area contributed by atoms with Crippen molar-refractivity contribution in [1.29, 1.82) is 0 Å². The summed E-state index contributed by atoms with van der Waals surface area (Å²) >= 11 is 0. The van der Waals surface area contributed by atoms with Crippen LogP contribution in [-0.4, -0.2) is 65.4 Å². The molecule has 2 aromatic heterocycles. The molecule has 2 aromatic rings. The maximum absolute atomic E-state index is 13.2. The van der Waals surface area contributed by atoms with Crippen molar-refractivity contribution < 1.29 is 24.9 Å². The van der Waals surface area contributed by atoms with Crippen molar-refractivity contribution in [2.75, 3.05) is 6.61 Å². The molecule has 0 radical (unpaired) electrons. The Morgan fingerprint density at radius 2 is 1.68 bits per heavy atom. The number of aryl methyl sites for hydroxylation is 1. The molecule has 1 fully saturated rings. The highest BCUT2D eigenvalue weighted by molar-refractivity contribution is 5.69. The minimum atomic E-state index is -1.42. The number of fused-ring (bicyclic) bond motifs is 1. The molecule has 1 aliphatic rings. The fraction of sp³-hybridized carbons (Fsp3) is 0.750. The normalized spacial score (nSPS) is 23.6. The van der Waals surface area contributed by atoms with Crippen LogP contribution in [0.2, 0.25) is 0 Å². The van der Waals surface area contributed by atoms with Crippen LogP contribution < -0.4 is 16.1 Å².